The molecule has 3 aromatic carbocycles. The molecule has 0 saturated carbocycles. The number of fused-ring (bicyclic) bond motifs is 1. The average Bonchev–Trinajstić information content (AvgIpc) is 3.48. The number of aromatic amines is 1. The summed E-state index contributed by atoms with van der Waals surface area (Å²) >= 11 is 0. The lowest BCUT2D eigenvalue weighted by Crippen LogP contribution is -2.58. The predicted molar refractivity (Wildman–Crippen MR) is 184 cm³/mol. The molecule has 0 spiro atoms. The second kappa shape index (κ2) is 17.3. The zero-order valence-corrected chi connectivity index (χ0v) is 26.5. The van der Waals surface area contributed by atoms with Gasteiger partial charge in [-0.1, -0.05) is 78.9 Å². The van der Waals surface area contributed by atoms with E-state index in [-0.39, 0.29) is 38.2 Å². The summed E-state index contributed by atoms with van der Waals surface area (Å²) in [5, 5.41) is 18.9. The fraction of sp³-hybridized carbons (Fsp3) is 0.286. The molecule has 4 aromatic rings. The van der Waals surface area contributed by atoms with Crippen molar-refractivity contribution in [3.05, 3.63) is 108 Å². The van der Waals surface area contributed by atoms with Crippen LogP contribution < -0.4 is 33.2 Å². The van der Waals surface area contributed by atoms with Crippen molar-refractivity contribution in [2.24, 2.45) is 22.2 Å². The van der Waals surface area contributed by atoms with Gasteiger partial charge in [-0.2, -0.15) is 0 Å². The van der Waals surface area contributed by atoms with Gasteiger partial charge in [-0.25, -0.2) is 4.79 Å². The Labute approximate surface area is 278 Å². The van der Waals surface area contributed by atoms with Gasteiger partial charge >= 0.3 is 5.97 Å². The summed E-state index contributed by atoms with van der Waals surface area (Å²) in [5.74, 6) is -3.22. The van der Waals surface area contributed by atoms with Crippen molar-refractivity contribution in [2.75, 3.05) is 6.54 Å². The minimum absolute atomic E-state index is 0.0393. The van der Waals surface area contributed by atoms with E-state index in [9.17, 15) is 24.3 Å². The van der Waals surface area contributed by atoms with Gasteiger partial charge in [0.15, 0.2) is 5.96 Å². The Kier molecular flexibility index (Phi) is 12.7. The minimum atomic E-state index is -1.25. The third kappa shape index (κ3) is 10.4. The maximum atomic E-state index is 13.8. The lowest BCUT2D eigenvalue weighted by molar-refractivity contribution is -0.142. The second-order valence-corrected chi connectivity index (χ2v) is 11.5. The molecular formula is C35H42N8O5. The van der Waals surface area contributed by atoms with Crippen LogP contribution in [0, 0.1) is 0 Å². The number of benzene rings is 3. The number of carbonyl (C=O) groups excluding carboxylic acids is 3. The number of aromatic nitrogens is 1. The Bertz CT molecular complexity index is 1710. The molecule has 0 bridgehead atoms. The quantitative estimate of drug-likeness (QED) is 0.0466. The molecule has 3 amide bonds. The first-order valence-electron chi connectivity index (χ1n) is 15.7. The highest BCUT2D eigenvalue weighted by Crippen LogP contribution is 2.19. The van der Waals surface area contributed by atoms with Crippen LogP contribution in [0.5, 0.6) is 0 Å². The molecule has 4 rings (SSSR count). The SMILES string of the molecule is NC(N)=NCCCC(NC(=O)C(Cc1ccccc1)NC(=O)C(N)Cc1c[nH]c2ccccc12)C(=O)NC(Cc1ccccc1)C(=O)O. The van der Waals surface area contributed by atoms with Gasteiger partial charge in [-0.05, 0) is 42.0 Å². The molecule has 1 aromatic heterocycles. The van der Waals surface area contributed by atoms with Crippen molar-refractivity contribution >= 4 is 40.6 Å². The number of nitrogens with two attached hydrogens (primary N) is 3. The zero-order chi connectivity index (χ0) is 34.5. The number of para-hydroxylation sites is 1. The third-order valence-corrected chi connectivity index (χ3v) is 7.84. The van der Waals surface area contributed by atoms with Crippen LogP contribution in [0.3, 0.4) is 0 Å². The van der Waals surface area contributed by atoms with Crippen LogP contribution in [0.2, 0.25) is 0 Å². The summed E-state index contributed by atoms with van der Waals surface area (Å²) in [6.07, 6.45) is 2.59. The van der Waals surface area contributed by atoms with Crippen LogP contribution in [-0.4, -0.2) is 70.5 Å². The molecule has 0 radical (unpaired) electrons. The summed E-state index contributed by atoms with van der Waals surface area (Å²) in [7, 11) is 0. The number of H-pyrrole nitrogens is 1. The molecule has 4 unspecified atom stereocenters. The molecule has 13 nitrogen and oxygen atoms in total. The van der Waals surface area contributed by atoms with Gasteiger partial charge < -0.3 is 43.2 Å². The third-order valence-electron chi connectivity index (χ3n) is 7.84. The van der Waals surface area contributed by atoms with E-state index in [1.165, 1.54) is 0 Å². The number of amides is 3. The monoisotopic (exact) mass is 654 g/mol. The summed E-state index contributed by atoms with van der Waals surface area (Å²) in [6.45, 7) is 0.182. The molecule has 0 fully saturated rings. The normalized spacial score (nSPS) is 13.4. The number of carboxylic acid groups (broad SMARTS) is 1. The lowest BCUT2D eigenvalue weighted by Gasteiger charge is -2.25. The number of aliphatic imine (C=N–C) groups is 1. The fourth-order valence-corrected chi connectivity index (χ4v) is 5.33. The Morgan fingerprint density at radius 3 is 1.88 bits per heavy atom. The maximum absolute atomic E-state index is 13.8. The van der Waals surface area contributed by atoms with Gasteiger partial charge in [-0.3, -0.25) is 19.4 Å². The molecule has 0 aliphatic carbocycles. The smallest absolute Gasteiger partial charge is 0.326 e. The van der Waals surface area contributed by atoms with E-state index in [1.807, 2.05) is 54.6 Å². The number of hydrogen-bond acceptors (Lipinski definition) is 6. The average molecular weight is 655 g/mol. The van der Waals surface area contributed by atoms with Crippen LogP contribution in [0.4, 0.5) is 0 Å². The van der Waals surface area contributed by atoms with E-state index in [1.54, 1.807) is 36.5 Å². The van der Waals surface area contributed by atoms with Gasteiger partial charge in [-0.15, -0.1) is 0 Å². The van der Waals surface area contributed by atoms with E-state index in [0.29, 0.717) is 12.0 Å². The van der Waals surface area contributed by atoms with Crippen LogP contribution in [-0.2, 0) is 38.4 Å². The first-order valence-corrected chi connectivity index (χ1v) is 15.7. The predicted octanol–water partition coefficient (Wildman–Crippen LogP) is 1.12. The largest absolute Gasteiger partial charge is 0.480 e. The second-order valence-electron chi connectivity index (χ2n) is 11.5. The van der Waals surface area contributed by atoms with Crippen LogP contribution in [0.1, 0.15) is 29.5 Å². The highest BCUT2D eigenvalue weighted by Gasteiger charge is 2.30. The number of nitrogens with one attached hydrogen (secondary N) is 4. The standard InChI is InChI=1S/C35H42N8O5/c36-26(20-24-21-40-27-15-8-7-14-25(24)27)31(44)42-29(18-22-10-3-1-4-11-22)33(46)41-28(16-9-17-39-35(37)38)32(45)43-30(34(47)48)19-23-12-5-2-6-13-23/h1-8,10-15,21,26,28-30,40H,9,16-20,36H2,(H,41,46)(H,42,44)(H,43,45)(H,47,48)(H4,37,38,39). The molecule has 0 saturated heterocycles. The topological polar surface area (TPSA) is 231 Å². The van der Waals surface area contributed by atoms with E-state index in [4.69, 9.17) is 17.2 Å². The molecule has 13 heteroatoms. The Morgan fingerprint density at radius 2 is 1.25 bits per heavy atom. The number of guanidine groups is 1. The maximum Gasteiger partial charge on any atom is 0.326 e. The molecule has 11 N–H and O–H groups in total. The molecule has 1 heterocycles. The van der Waals surface area contributed by atoms with Crippen molar-refractivity contribution in [2.45, 2.75) is 56.3 Å². The van der Waals surface area contributed by atoms with Crippen LogP contribution in [0.15, 0.2) is 96.1 Å². The van der Waals surface area contributed by atoms with Gasteiger partial charge in [0.05, 0.1) is 6.04 Å². The van der Waals surface area contributed by atoms with E-state index in [2.05, 4.69) is 25.9 Å². The number of aliphatic carboxylic acids is 1. The van der Waals surface area contributed by atoms with Gasteiger partial charge in [0.2, 0.25) is 17.7 Å². The highest BCUT2D eigenvalue weighted by molar-refractivity contribution is 5.94. The van der Waals surface area contributed by atoms with Gasteiger partial charge in [0.25, 0.3) is 0 Å². The van der Waals surface area contributed by atoms with E-state index < -0.39 is 47.9 Å². The minimum Gasteiger partial charge on any atom is -0.480 e. The molecular weight excluding hydrogens is 612 g/mol. The number of nitrogens with zero attached hydrogens (tertiary/aromatic N) is 1. The highest BCUT2D eigenvalue weighted by atomic mass is 16.4. The summed E-state index contributed by atoms with van der Waals surface area (Å²) < 4.78 is 0. The van der Waals surface area contributed by atoms with Crippen molar-refractivity contribution in [1.82, 2.24) is 20.9 Å². The number of carboxylic acids is 1. The lowest BCUT2D eigenvalue weighted by atomic mass is 10.0. The zero-order valence-electron chi connectivity index (χ0n) is 26.5. The van der Waals surface area contributed by atoms with Gasteiger partial charge in [0, 0.05) is 36.5 Å². The van der Waals surface area contributed by atoms with Crippen molar-refractivity contribution < 1.29 is 24.3 Å². The summed E-state index contributed by atoms with van der Waals surface area (Å²) in [4.78, 5) is 59.9. The molecule has 0 aliphatic heterocycles. The Balaban J connectivity index is 1.51. The van der Waals surface area contributed by atoms with Crippen LogP contribution in [0.25, 0.3) is 10.9 Å². The fourth-order valence-electron chi connectivity index (χ4n) is 5.33. The summed E-state index contributed by atoms with van der Waals surface area (Å²) in [6, 6.07) is 21.2. The first-order chi connectivity index (χ1) is 23.1. The molecule has 48 heavy (non-hydrogen) atoms. The summed E-state index contributed by atoms with van der Waals surface area (Å²) in [5.41, 5.74) is 20.5. The molecule has 0 aliphatic rings. The van der Waals surface area contributed by atoms with E-state index >= 15 is 0 Å². The number of hydrogen-bond donors (Lipinski definition) is 8. The van der Waals surface area contributed by atoms with Crippen molar-refractivity contribution in [1.29, 1.82) is 0 Å². The number of carbonyl (C=O) groups is 4. The Hall–Kier alpha value is -5.69. The first kappa shape index (κ1) is 35.2. The molecule has 252 valence electrons. The van der Waals surface area contributed by atoms with Crippen LogP contribution >= 0.6 is 0 Å². The molecule has 4 atom stereocenters. The van der Waals surface area contributed by atoms with Gasteiger partial charge in [0.1, 0.15) is 18.1 Å². The van der Waals surface area contributed by atoms with Crippen molar-refractivity contribution in [3.8, 4) is 0 Å². The Morgan fingerprint density at radius 1 is 0.708 bits per heavy atom. The van der Waals surface area contributed by atoms with Crippen molar-refractivity contribution in [3.63, 3.8) is 0 Å². The number of rotatable bonds is 17. The van der Waals surface area contributed by atoms with E-state index in [0.717, 1.165) is 22.0 Å².